The molecule has 3 rings (SSSR count). The van der Waals surface area contributed by atoms with Gasteiger partial charge in [-0.3, -0.25) is 4.79 Å². The van der Waals surface area contributed by atoms with E-state index >= 15 is 0 Å². The number of nitrogens with one attached hydrogen (secondary N) is 2. The highest BCUT2D eigenvalue weighted by Crippen LogP contribution is 2.12. The lowest BCUT2D eigenvalue weighted by molar-refractivity contribution is -0.924. The summed E-state index contributed by atoms with van der Waals surface area (Å²) in [7, 11) is 2.11. The molecule has 0 fully saturated rings. The summed E-state index contributed by atoms with van der Waals surface area (Å²) in [5.41, 5.74) is 1.87. The van der Waals surface area contributed by atoms with Crippen LogP contribution in [0.5, 0.6) is 5.75 Å². The molecule has 3 aromatic rings. The van der Waals surface area contributed by atoms with E-state index in [-0.39, 0.29) is 11.6 Å². The van der Waals surface area contributed by atoms with Crippen LogP contribution < -0.4 is 15.2 Å². The van der Waals surface area contributed by atoms with Gasteiger partial charge in [0.15, 0.2) is 5.82 Å². The van der Waals surface area contributed by atoms with Gasteiger partial charge in [-0.05, 0) is 50.2 Å². The fraction of sp³-hybridized carbons (Fsp3) is 0.300. The van der Waals surface area contributed by atoms with Crippen molar-refractivity contribution in [2.24, 2.45) is 0 Å². The van der Waals surface area contributed by atoms with Gasteiger partial charge in [0.2, 0.25) is 0 Å². The number of nitrogens with zero attached hydrogens (tertiary/aromatic N) is 1. The highest BCUT2D eigenvalue weighted by atomic mass is 16.5. The number of ether oxygens (including phenoxy) is 1. The SMILES string of the molecule is CCOc1ccc(C[NH+](C)[C@H](C)c2nc3ccccc3c(=O)[nH]2)cc1. The van der Waals surface area contributed by atoms with Crippen LogP contribution in [0.4, 0.5) is 0 Å². The molecule has 1 heterocycles. The predicted octanol–water partition coefficient (Wildman–Crippen LogP) is 2.10. The van der Waals surface area contributed by atoms with Gasteiger partial charge >= 0.3 is 0 Å². The van der Waals surface area contributed by atoms with E-state index < -0.39 is 0 Å². The molecule has 0 amide bonds. The molecule has 5 nitrogen and oxygen atoms in total. The lowest BCUT2D eigenvalue weighted by Gasteiger charge is -2.21. The summed E-state index contributed by atoms with van der Waals surface area (Å²) in [6, 6.07) is 15.7. The molecule has 0 saturated heterocycles. The minimum Gasteiger partial charge on any atom is -0.494 e. The van der Waals surface area contributed by atoms with Crippen LogP contribution in [-0.2, 0) is 6.54 Å². The smallest absolute Gasteiger partial charge is 0.258 e. The molecule has 0 aliphatic heterocycles. The van der Waals surface area contributed by atoms with Crippen molar-refractivity contribution in [3.05, 3.63) is 70.3 Å². The maximum atomic E-state index is 12.3. The van der Waals surface area contributed by atoms with Crippen LogP contribution in [0, 0.1) is 0 Å². The summed E-state index contributed by atoms with van der Waals surface area (Å²) < 4.78 is 5.48. The minimum atomic E-state index is -0.0821. The van der Waals surface area contributed by atoms with Crippen LogP contribution in [0.15, 0.2) is 53.3 Å². The summed E-state index contributed by atoms with van der Waals surface area (Å²) in [6.07, 6.45) is 0. The highest BCUT2D eigenvalue weighted by Gasteiger charge is 2.19. The summed E-state index contributed by atoms with van der Waals surface area (Å²) in [5, 5.41) is 0.627. The molecule has 5 heteroatoms. The fourth-order valence-electron chi connectivity index (χ4n) is 2.89. The van der Waals surface area contributed by atoms with Crippen molar-refractivity contribution in [3.63, 3.8) is 0 Å². The van der Waals surface area contributed by atoms with Crippen molar-refractivity contribution in [3.8, 4) is 5.75 Å². The Labute approximate surface area is 147 Å². The molecule has 2 aromatic carbocycles. The van der Waals surface area contributed by atoms with Crippen molar-refractivity contribution in [1.82, 2.24) is 9.97 Å². The second kappa shape index (κ2) is 7.49. The zero-order chi connectivity index (χ0) is 17.8. The third-order valence-corrected chi connectivity index (χ3v) is 4.50. The zero-order valence-electron chi connectivity index (χ0n) is 14.9. The molecule has 0 aliphatic rings. The van der Waals surface area contributed by atoms with Crippen LogP contribution in [-0.4, -0.2) is 23.6 Å². The maximum Gasteiger partial charge on any atom is 0.258 e. The molecule has 2 N–H and O–H groups in total. The number of aromatic amines is 1. The number of quaternary nitrogens is 1. The Morgan fingerprint density at radius 1 is 1.16 bits per heavy atom. The standard InChI is InChI=1S/C20H23N3O2/c1-4-25-16-11-9-15(10-12-16)13-23(3)14(2)19-21-18-8-6-5-7-17(18)20(24)22-19/h5-12,14H,4,13H2,1-3H3,(H,21,22,24)/p+1/t14-/m1/s1. The molecule has 1 aromatic heterocycles. The van der Waals surface area contributed by atoms with Gasteiger partial charge in [0.1, 0.15) is 18.3 Å². The van der Waals surface area contributed by atoms with Gasteiger partial charge in [-0.2, -0.15) is 0 Å². The predicted molar refractivity (Wildman–Crippen MR) is 99.0 cm³/mol. The number of H-pyrrole nitrogens is 1. The van der Waals surface area contributed by atoms with E-state index in [9.17, 15) is 4.79 Å². The van der Waals surface area contributed by atoms with Crippen LogP contribution in [0.1, 0.15) is 31.3 Å². The number of para-hydroxylation sites is 1. The number of hydrogen-bond acceptors (Lipinski definition) is 3. The maximum absolute atomic E-state index is 12.3. The normalized spacial score (nSPS) is 13.6. The quantitative estimate of drug-likeness (QED) is 0.724. The van der Waals surface area contributed by atoms with E-state index in [4.69, 9.17) is 4.74 Å². The van der Waals surface area contributed by atoms with Crippen molar-refractivity contribution in [2.75, 3.05) is 13.7 Å². The zero-order valence-corrected chi connectivity index (χ0v) is 14.9. The summed E-state index contributed by atoms with van der Waals surface area (Å²) in [4.78, 5) is 21.1. The first-order valence-electron chi connectivity index (χ1n) is 8.61. The van der Waals surface area contributed by atoms with Crippen molar-refractivity contribution >= 4 is 10.9 Å². The van der Waals surface area contributed by atoms with Gasteiger partial charge < -0.3 is 14.6 Å². The number of benzene rings is 2. The molecule has 130 valence electrons. The largest absolute Gasteiger partial charge is 0.494 e. The molecular formula is C20H24N3O2+. The number of hydrogen-bond donors (Lipinski definition) is 2. The summed E-state index contributed by atoms with van der Waals surface area (Å²) in [5.74, 6) is 1.60. The first kappa shape index (κ1) is 17.2. The Hall–Kier alpha value is -2.66. The third-order valence-electron chi connectivity index (χ3n) is 4.50. The summed E-state index contributed by atoms with van der Waals surface area (Å²) >= 11 is 0. The second-order valence-corrected chi connectivity index (χ2v) is 6.29. The molecule has 1 unspecified atom stereocenters. The molecule has 0 saturated carbocycles. The second-order valence-electron chi connectivity index (χ2n) is 6.29. The minimum absolute atomic E-state index is 0.0730. The average Bonchev–Trinajstić information content (AvgIpc) is 2.63. The fourth-order valence-corrected chi connectivity index (χ4v) is 2.89. The molecule has 0 spiro atoms. The third kappa shape index (κ3) is 3.88. The van der Waals surface area contributed by atoms with Crippen LogP contribution >= 0.6 is 0 Å². The molecule has 0 radical (unpaired) electrons. The molecule has 0 aliphatic carbocycles. The topological polar surface area (TPSA) is 59.4 Å². The monoisotopic (exact) mass is 338 g/mol. The van der Waals surface area contributed by atoms with Crippen LogP contribution in [0.3, 0.4) is 0 Å². The van der Waals surface area contributed by atoms with Crippen LogP contribution in [0.25, 0.3) is 10.9 Å². The van der Waals surface area contributed by atoms with Gasteiger partial charge in [0.25, 0.3) is 5.56 Å². The first-order valence-corrected chi connectivity index (χ1v) is 8.61. The molecule has 25 heavy (non-hydrogen) atoms. The van der Waals surface area contributed by atoms with Gasteiger partial charge in [0, 0.05) is 5.56 Å². The Morgan fingerprint density at radius 2 is 1.88 bits per heavy atom. The van der Waals surface area contributed by atoms with E-state index in [1.54, 1.807) is 6.07 Å². The van der Waals surface area contributed by atoms with Gasteiger partial charge in [-0.15, -0.1) is 0 Å². The van der Waals surface area contributed by atoms with E-state index in [0.29, 0.717) is 17.8 Å². The van der Waals surface area contributed by atoms with Crippen molar-refractivity contribution < 1.29 is 9.64 Å². The molecular weight excluding hydrogens is 314 g/mol. The van der Waals surface area contributed by atoms with E-state index in [1.165, 1.54) is 10.5 Å². The van der Waals surface area contributed by atoms with E-state index in [1.807, 2.05) is 37.3 Å². The molecule has 2 atom stereocenters. The molecule has 0 bridgehead atoms. The number of aromatic nitrogens is 2. The lowest BCUT2D eigenvalue weighted by atomic mass is 10.1. The summed E-state index contributed by atoms with van der Waals surface area (Å²) in [6.45, 7) is 5.56. The van der Waals surface area contributed by atoms with E-state index in [0.717, 1.165) is 17.8 Å². The van der Waals surface area contributed by atoms with Gasteiger partial charge in [-0.25, -0.2) is 4.98 Å². The number of fused-ring (bicyclic) bond motifs is 1. The van der Waals surface area contributed by atoms with E-state index in [2.05, 4.69) is 36.1 Å². The van der Waals surface area contributed by atoms with Crippen molar-refractivity contribution in [1.29, 1.82) is 0 Å². The Kier molecular flexibility index (Phi) is 5.14. The van der Waals surface area contributed by atoms with Gasteiger partial charge in [0.05, 0.1) is 24.6 Å². The first-order chi connectivity index (χ1) is 12.1. The van der Waals surface area contributed by atoms with Crippen LogP contribution in [0.2, 0.25) is 0 Å². The Bertz CT molecular complexity index is 903. The van der Waals surface area contributed by atoms with Crippen molar-refractivity contribution in [2.45, 2.75) is 26.4 Å². The Balaban J connectivity index is 1.78. The highest BCUT2D eigenvalue weighted by molar-refractivity contribution is 5.77. The lowest BCUT2D eigenvalue weighted by Crippen LogP contribution is -3.07. The number of rotatable bonds is 6. The van der Waals surface area contributed by atoms with Gasteiger partial charge in [-0.1, -0.05) is 12.1 Å². The average molecular weight is 338 g/mol. The Morgan fingerprint density at radius 3 is 2.60 bits per heavy atom.